The van der Waals surface area contributed by atoms with Gasteiger partial charge in [-0.15, -0.1) is 11.3 Å². The first-order valence-electron chi connectivity index (χ1n) is 9.79. The molecule has 1 aliphatic heterocycles. The van der Waals surface area contributed by atoms with Crippen LogP contribution < -0.4 is 14.8 Å². The number of thiophene rings is 1. The molecule has 31 heavy (non-hydrogen) atoms. The second kappa shape index (κ2) is 9.06. The molecule has 158 valence electrons. The van der Waals surface area contributed by atoms with Gasteiger partial charge in [0.1, 0.15) is 10.6 Å². The van der Waals surface area contributed by atoms with Crippen LogP contribution in [0.1, 0.15) is 28.4 Å². The molecule has 0 bridgehead atoms. The van der Waals surface area contributed by atoms with Crippen LogP contribution in [0.3, 0.4) is 0 Å². The maximum atomic E-state index is 12.6. The monoisotopic (exact) mass is 435 g/mol. The highest BCUT2D eigenvalue weighted by Crippen LogP contribution is 2.36. The summed E-state index contributed by atoms with van der Waals surface area (Å²) in [6.45, 7) is 4.20. The van der Waals surface area contributed by atoms with E-state index < -0.39 is 5.97 Å². The minimum Gasteiger partial charge on any atom is -0.462 e. The molecule has 0 fully saturated rings. The smallest absolute Gasteiger partial charge is 0.341 e. The molecule has 0 atom stereocenters. The third-order valence-electron chi connectivity index (χ3n) is 4.69. The minimum atomic E-state index is -0.464. The zero-order chi connectivity index (χ0) is 21.8. The lowest BCUT2D eigenvalue weighted by Gasteiger charge is -2.08. The van der Waals surface area contributed by atoms with E-state index in [0.717, 1.165) is 22.3 Å². The van der Waals surface area contributed by atoms with Gasteiger partial charge in [0.05, 0.1) is 6.61 Å². The van der Waals surface area contributed by atoms with Gasteiger partial charge in [0.2, 0.25) is 12.7 Å². The Morgan fingerprint density at radius 3 is 2.68 bits per heavy atom. The first-order chi connectivity index (χ1) is 15.0. The summed E-state index contributed by atoms with van der Waals surface area (Å²) < 4.78 is 15.9. The molecule has 1 aliphatic rings. The Morgan fingerprint density at radius 2 is 1.90 bits per heavy atom. The van der Waals surface area contributed by atoms with E-state index in [1.54, 1.807) is 25.1 Å². The number of aryl methyl sites for hydroxylation is 1. The Morgan fingerprint density at radius 1 is 1.13 bits per heavy atom. The van der Waals surface area contributed by atoms with E-state index in [-0.39, 0.29) is 19.3 Å². The van der Waals surface area contributed by atoms with Crippen LogP contribution in [0.25, 0.3) is 17.2 Å². The van der Waals surface area contributed by atoms with E-state index in [0.29, 0.717) is 22.1 Å². The van der Waals surface area contributed by atoms with Crippen molar-refractivity contribution < 1.29 is 23.8 Å². The van der Waals surface area contributed by atoms with Crippen LogP contribution in [0, 0.1) is 6.92 Å². The second-order valence-electron chi connectivity index (χ2n) is 6.88. The number of esters is 1. The summed E-state index contributed by atoms with van der Waals surface area (Å²) in [6.07, 6.45) is 3.09. The molecular weight excluding hydrogens is 414 g/mol. The fourth-order valence-electron chi connectivity index (χ4n) is 3.14. The number of nitrogens with one attached hydrogen (secondary N) is 1. The molecule has 3 aromatic rings. The van der Waals surface area contributed by atoms with Crippen LogP contribution in [-0.4, -0.2) is 25.3 Å². The number of benzene rings is 2. The van der Waals surface area contributed by atoms with E-state index in [4.69, 9.17) is 14.2 Å². The van der Waals surface area contributed by atoms with E-state index in [2.05, 4.69) is 5.32 Å². The Balaban J connectivity index is 1.56. The number of carbonyl (C=O) groups excluding carboxylic acids is 2. The van der Waals surface area contributed by atoms with Gasteiger partial charge in [-0.1, -0.05) is 35.9 Å². The number of hydrogen-bond donors (Lipinski definition) is 1. The van der Waals surface area contributed by atoms with Gasteiger partial charge in [-0.25, -0.2) is 4.79 Å². The zero-order valence-electron chi connectivity index (χ0n) is 17.1. The van der Waals surface area contributed by atoms with Gasteiger partial charge < -0.3 is 19.5 Å². The van der Waals surface area contributed by atoms with Crippen molar-refractivity contribution in [3.8, 4) is 22.6 Å². The quantitative estimate of drug-likeness (QED) is 0.421. The molecule has 6 nitrogen and oxygen atoms in total. The zero-order valence-corrected chi connectivity index (χ0v) is 18.0. The van der Waals surface area contributed by atoms with Gasteiger partial charge in [0.25, 0.3) is 0 Å². The van der Waals surface area contributed by atoms with Gasteiger partial charge in [0.15, 0.2) is 11.5 Å². The maximum Gasteiger partial charge on any atom is 0.341 e. The SMILES string of the molecule is CCOC(=O)c1c(-c2ccc(C)cc2)csc1NC(=O)/C=C/c1ccc2c(c1)OCO2. The molecule has 0 saturated heterocycles. The summed E-state index contributed by atoms with van der Waals surface area (Å²) in [7, 11) is 0. The highest BCUT2D eigenvalue weighted by molar-refractivity contribution is 7.15. The second-order valence-corrected chi connectivity index (χ2v) is 7.75. The van der Waals surface area contributed by atoms with Crippen molar-refractivity contribution in [2.75, 3.05) is 18.7 Å². The summed E-state index contributed by atoms with van der Waals surface area (Å²) in [5, 5.41) is 5.12. The van der Waals surface area contributed by atoms with Crippen LogP contribution in [0.4, 0.5) is 5.00 Å². The molecule has 1 aromatic heterocycles. The van der Waals surface area contributed by atoms with E-state index >= 15 is 0 Å². The van der Waals surface area contributed by atoms with Crippen molar-refractivity contribution >= 4 is 34.3 Å². The van der Waals surface area contributed by atoms with Crippen LogP contribution in [0.15, 0.2) is 53.9 Å². The Kier molecular flexibility index (Phi) is 6.04. The summed E-state index contributed by atoms with van der Waals surface area (Å²) in [5.74, 6) is 0.519. The van der Waals surface area contributed by atoms with Gasteiger partial charge >= 0.3 is 5.97 Å². The lowest BCUT2D eigenvalue weighted by molar-refractivity contribution is -0.111. The van der Waals surface area contributed by atoms with Crippen molar-refractivity contribution in [1.82, 2.24) is 0 Å². The number of rotatable bonds is 6. The molecule has 4 rings (SSSR count). The molecule has 7 heteroatoms. The van der Waals surface area contributed by atoms with E-state index in [1.165, 1.54) is 17.4 Å². The number of anilines is 1. The average molecular weight is 436 g/mol. The fraction of sp³-hybridized carbons (Fsp3) is 0.167. The van der Waals surface area contributed by atoms with E-state index in [1.807, 2.05) is 42.6 Å². The van der Waals surface area contributed by atoms with Crippen molar-refractivity contribution in [3.05, 3.63) is 70.6 Å². The van der Waals surface area contributed by atoms with Gasteiger partial charge in [0, 0.05) is 17.0 Å². The van der Waals surface area contributed by atoms with Gasteiger partial charge in [-0.2, -0.15) is 0 Å². The van der Waals surface area contributed by atoms with Crippen molar-refractivity contribution in [2.24, 2.45) is 0 Å². The highest BCUT2D eigenvalue weighted by atomic mass is 32.1. The van der Waals surface area contributed by atoms with Crippen LogP contribution in [0.5, 0.6) is 11.5 Å². The summed E-state index contributed by atoms with van der Waals surface area (Å²) >= 11 is 1.29. The van der Waals surface area contributed by atoms with Crippen molar-refractivity contribution in [1.29, 1.82) is 0 Å². The predicted octanol–water partition coefficient (Wildman–Crippen LogP) is 5.28. The predicted molar refractivity (Wildman–Crippen MR) is 121 cm³/mol. The molecule has 0 unspecified atom stereocenters. The average Bonchev–Trinajstić information content (AvgIpc) is 3.39. The number of amides is 1. The summed E-state index contributed by atoms with van der Waals surface area (Å²) in [6, 6.07) is 13.3. The first kappa shape index (κ1) is 20.7. The molecule has 0 saturated carbocycles. The minimum absolute atomic E-state index is 0.196. The number of hydrogen-bond acceptors (Lipinski definition) is 6. The van der Waals surface area contributed by atoms with Crippen LogP contribution >= 0.6 is 11.3 Å². The Bertz CT molecular complexity index is 1150. The first-order valence-corrected chi connectivity index (χ1v) is 10.7. The Labute approximate surface area is 184 Å². The normalized spacial score (nSPS) is 12.2. The van der Waals surface area contributed by atoms with Crippen molar-refractivity contribution in [3.63, 3.8) is 0 Å². The standard InChI is InChI=1S/C24H21NO5S/c1-3-28-24(27)22-18(17-8-4-15(2)5-9-17)13-31-23(22)25-21(26)11-7-16-6-10-19-20(12-16)30-14-29-19/h4-13H,3,14H2,1-2H3,(H,25,26)/b11-7+. The van der Waals surface area contributed by atoms with Crippen molar-refractivity contribution in [2.45, 2.75) is 13.8 Å². The topological polar surface area (TPSA) is 73.9 Å². The van der Waals surface area contributed by atoms with Crippen LogP contribution in [0.2, 0.25) is 0 Å². The van der Waals surface area contributed by atoms with Crippen LogP contribution in [-0.2, 0) is 9.53 Å². The molecule has 1 N–H and O–H groups in total. The lowest BCUT2D eigenvalue weighted by atomic mass is 10.0. The summed E-state index contributed by atoms with van der Waals surface area (Å²) in [4.78, 5) is 25.2. The third-order valence-corrected chi connectivity index (χ3v) is 5.59. The highest BCUT2D eigenvalue weighted by Gasteiger charge is 2.22. The van der Waals surface area contributed by atoms with E-state index in [9.17, 15) is 9.59 Å². The lowest BCUT2D eigenvalue weighted by Crippen LogP contribution is -2.12. The maximum absolute atomic E-state index is 12.6. The molecule has 0 spiro atoms. The number of carbonyl (C=O) groups is 2. The molecule has 0 radical (unpaired) electrons. The largest absolute Gasteiger partial charge is 0.462 e. The number of fused-ring (bicyclic) bond motifs is 1. The Hall–Kier alpha value is -3.58. The molecule has 1 amide bonds. The molecular formula is C24H21NO5S. The third kappa shape index (κ3) is 4.62. The molecule has 2 aromatic carbocycles. The molecule has 0 aliphatic carbocycles. The summed E-state index contributed by atoms with van der Waals surface area (Å²) in [5.41, 5.74) is 3.91. The van der Waals surface area contributed by atoms with Gasteiger partial charge in [-0.05, 0) is 43.2 Å². The molecule has 2 heterocycles. The van der Waals surface area contributed by atoms with Gasteiger partial charge in [-0.3, -0.25) is 4.79 Å². The fourth-order valence-corrected chi connectivity index (χ4v) is 4.10. The number of ether oxygens (including phenoxy) is 3.